The number of hydrogen-bond acceptors (Lipinski definition) is 3. The fourth-order valence-corrected chi connectivity index (χ4v) is 2.35. The van der Waals surface area contributed by atoms with Crippen LogP contribution < -0.4 is 5.32 Å². The van der Waals surface area contributed by atoms with E-state index in [0.717, 1.165) is 12.8 Å². The lowest BCUT2D eigenvalue weighted by atomic mass is 10.0. The summed E-state index contributed by atoms with van der Waals surface area (Å²) in [6.45, 7) is 2.39. The summed E-state index contributed by atoms with van der Waals surface area (Å²) in [6.07, 6.45) is 2.09. The van der Waals surface area contributed by atoms with Gasteiger partial charge in [0.15, 0.2) is 0 Å². The number of hydrogen-bond donors (Lipinski definition) is 2. The lowest BCUT2D eigenvalue weighted by Crippen LogP contribution is -2.30. The standard InChI is InChI=1S/C13H19NO3S/c1-2-10(8-13(16)17)9-14-12(15)6-5-11-4-3-7-18-11/h3-4,7,10H,2,5-6,8-9H2,1H3,(H,14,15)(H,16,17). The van der Waals surface area contributed by atoms with Crippen LogP contribution >= 0.6 is 11.3 Å². The summed E-state index contributed by atoms with van der Waals surface area (Å²) in [6, 6.07) is 3.98. The van der Waals surface area contributed by atoms with Crippen LogP contribution in [0.4, 0.5) is 0 Å². The fourth-order valence-electron chi connectivity index (χ4n) is 1.65. The van der Waals surface area contributed by atoms with E-state index in [4.69, 9.17) is 5.11 Å². The summed E-state index contributed by atoms with van der Waals surface area (Å²) in [4.78, 5) is 23.4. The summed E-state index contributed by atoms with van der Waals surface area (Å²) in [5, 5.41) is 13.5. The van der Waals surface area contributed by atoms with Gasteiger partial charge in [0, 0.05) is 24.3 Å². The van der Waals surface area contributed by atoms with E-state index in [2.05, 4.69) is 5.32 Å². The van der Waals surface area contributed by atoms with Crippen molar-refractivity contribution in [3.8, 4) is 0 Å². The van der Waals surface area contributed by atoms with Crippen molar-refractivity contribution in [2.24, 2.45) is 5.92 Å². The molecule has 0 spiro atoms. The Labute approximate surface area is 111 Å². The first-order valence-corrected chi connectivity index (χ1v) is 7.00. The number of carboxylic acids is 1. The molecule has 0 bridgehead atoms. The Morgan fingerprint density at radius 3 is 2.83 bits per heavy atom. The molecule has 100 valence electrons. The van der Waals surface area contributed by atoms with Gasteiger partial charge in [-0.3, -0.25) is 9.59 Å². The van der Waals surface area contributed by atoms with Crippen LogP contribution in [-0.2, 0) is 16.0 Å². The highest BCUT2D eigenvalue weighted by Gasteiger charge is 2.12. The van der Waals surface area contributed by atoms with E-state index in [9.17, 15) is 9.59 Å². The number of amides is 1. The molecular weight excluding hydrogens is 250 g/mol. The lowest BCUT2D eigenvalue weighted by Gasteiger charge is -2.13. The van der Waals surface area contributed by atoms with Gasteiger partial charge in [-0.1, -0.05) is 19.4 Å². The zero-order valence-corrected chi connectivity index (χ0v) is 11.3. The average molecular weight is 269 g/mol. The maximum Gasteiger partial charge on any atom is 0.303 e. The first-order valence-electron chi connectivity index (χ1n) is 6.12. The van der Waals surface area contributed by atoms with Crippen molar-refractivity contribution in [1.29, 1.82) is 0 Å². The molecule has 0 aliphatic heterocycles. The van der Waals surface area contributed by atoms with Gasteiger partial charge in [-0.2, -0.15) is 0 Å². The van der Waals surface area contributed by atoms with Crippen LogP contribution in [0.15, 0.2) is 17.5 Å². The topological polar surface area (TPSA) is 66.4 Å². The zero-order valence-electron chi connectivity index (χ0n) is 10.5. The second kappa shape index (κ2) is 7.87. The molecule has 1 unspecified atom stereocenters. The molecule has 4 nitrogen and oxygen atoms in total. The van der Waals surface area contributed by atoms with Gasteiger partial charge in [0.2, 0.25) is 5.91 Å². The van der Waals surface area contributed by atoms with Gasteiger partial charge in [0.05, 0.1) is 0 Å². The average Bonchev–Trinajstić information content (AvgIpc) is 2.84. The van der Waals surface area contributed by atoms with Gasteiger partial charge in [0.25, 0.3) is 0 Å². The third kappa shape index (κ3) is 5.82. The quantitative estimate of drug-likeness (QED) is 0.761. The van der Waals surface area contributed by atoms with Crippen LogP contribution in [0.5, 0.6) is 0 Å². The van der Waals surface area contributed by atoms with Gasteiger partial charge in [-0.25, -0.2) is 0 Å². The van der Waals surface area contributed by atoms with Crippen LogP contribution in [0.2, 0.25) is 0 Å². The molecule has 2 N–H and O–H groups in total. The summed E-state index contributed by atoms with van der Waals surface area (Å²) < 4.78 is 0. The third-order valence-corrected chi connectivity index (χ3v) is 3.74. The van der Waals surface area contributed by atoms with Crippen molar-refractivity contribution in [2.75, 3.05) is 6.54 Å². The molecule has 1 amide bonds. The second-order valence-corrected chi connectivity index (χ2v) is 5.29. The van der Waals surface area contributed by atoms with E-state index in [1.807, 2.05) is 24.4 Å². The molecule has 0 radical (unpaired) electrons. The molecule has 0 saturated carbocycles. The van der Waals surface area contributed by atoms with Gasteiger partial charge >= 0.3 is 5.97 Å². The van der Waals surface area contributed by atoms with Crippen molar-refractivity contribution in [1.82, 2.24) is 5.32 Å². The summed E-state index contributed by atoms with van der Waals surface area (Å²) in [5.41, 5.74) is 0. The van der Waals surface area contributed by atoms with Gasteiger partial charge in [0.1, 0.15) is 0 Å². The van der Waals surface area contributed by atoms with E-state index in [1.54, 1.807) is 11.3 Å². The minimum absolute atomic E-state index is 0.00719. The number of carbonyl (C=O) groups is 2. The molecule has 0 aliphatic carbocycles. The molecule has 1 aromatic rings. The van der Waals surface area contributed by atoms with E-state index >= 15 is 0 Å². The Morgan fingerprint density at radius 1 is 1.50 bits per heavy atom. The maximum absolute atomic E-state index is 11.6. The van der Waals surface area contributed by atoms with Gasteiger partial charge in [-0.05, 0) is 23.8 Å². The predicted octanol–water partition coefficient (Wildman–Crippen LogP) is 2.30. The number of carboxylic acid groups (broad SMARTS) is 1. The fraction of sp³-hybridized carbons (Fsp3) is 0.538. The molecule has 1 rings (SSSR count). The highest BCUT2D eigenvalue weighted by molar-refractivity contribution is 7.09. The minimum Gasteiger partial charge on any atom is -0.481 e. The normalized spacial score (nSPS) is 12.1. The Kier molecular flexibility index (Phi) is 6.43. The predicted molar refractivity (Wildman–Crippen MR) is 71.7 cm³/mol. The first-order chi connectivity index (χ1) is 8.61. The number of aryl methyl sites for hydroxylation is 1. The summed E-state index contributed by atoms with van der Waals surface area (Å²) in [5.74, 6) is -0.796. The molecule has 1 aromatic heterocycles. The van der Waals surface area contributed by atoms with E-state index < -0.39 is 5.97 Å². The highest BCUT2D eigenvalue weighted by Crippen LogP contribution is 2.11. The maximum atomic E-state index is 11.6. The Hall–Kier alpha value is -1.36. The monoisotopic (exact) mass is 269 g/mol. The van der Waals surface area contributed by atoms with Crippen LogP contribution in [0.3, 0.4) is 0 Å². The molecule has 0 aromatic carbocycles. The number of rotatable bonds is 8. The van der Waals surface area contributed by atoms with Crippen molar-refractivity contribution in [2.45, 2.75) is 32.6 Å². The van der Waals surface area contributed by atoms with E-state index in [-0.39, 0.29) is 18.2 Å². The Morgan fingerprint density at radius 2 is 2.28 bits per heavy atom. The van der Waals surface area contributed by atoms with Crippen LogP contribution in [0, 0.1) is 5.92 Å². The zero-order chi connectivity index (χ0) is 13.4. The molecule has 1 heterocycles. The molecule has 1 atom stereocenters. The van der Waals surface area contributed by atoms with E-state index in [0.29, 0.717) is 13.0 Å². The van der Waals surface area contributed by atoms with Gasteiger partial charge < -0.3 is 10.4 Å². The van der Waals surface area contributed by atoms with Crippen molar-refractivity contribution >= 4 is 23.2 Å². The van der Waals surface area contributed by atoms with Crippen LogP contribution in [0.25, 0.3) is 0 Å². The number of aliphatic carboxylic acids is 1. The number of carbonyl (C=O) groups excluding carboxylic acids is 1. The van der Waals surface area contributed by atoms with Gasteiger partial charge in [-0.15, -0.1) is 11.3 Å². The summed E-state index contributed by atoms with van der Waals surface area (Å²) in [7, 11) is 0. The molecule has 0 aliphatic rings. The molecule has 5 heteroatoms. The lowest BCUT2D eigenvalue weighted by molar-refractivity contribution is -0.138. The highest BCUT2D eigenvalue weighted by atomic mass is 32.1. The molecule has 18 heavy (non-hydrogen) atoms. The van der Waals surface area contributed by atoms with Crippen molar-refractivity contribution in [3.05, 3.63) is 22.4 Å². The molecule has 0 saturated heterocycles. The Bertz CT molecular complexity index is 376. The van der Waals surface area contributed by atoms with Crippen LogP contribution in [-0.4, -0.2) is 23.5 Å². The minimum atomic E-state index is -0.810. The van der Waals surface area contributed by atoms with E-state index in [1.165, 1.54) is 4.88 Å². The Balaban J connectivity index is 2.21. The van der Waals surface area contributed by atoms with Crippen LogP contribution in [0.1, 0.15) is 31.1 Å². The molecule has 0 fully saturated rings. The smallest absolute Gasteiger partial charge is 0.303 e. The first kappa shape index (κ1) is 14.7. The third-order valence-electron chi connectivity index (χ3n) is 2.81. The largest absolute Gasteiger partial charge is 0.481 e. The number of nitrogens with one attached hydrogen (secondary N) is 1. The molecular formula is C13H19NO3S. The van der Waals surface area contributed by atoms with Crippen molar-refractivity contribution < 1.29 is 14.7 Å². The SMILES string of the molecule is CCC(CNC(=O)CCc1cccs1)CC(=O)O. The number of thiophene rings is 1. The summed E-state index contributed by atoms with van der Waals surface area (Å²) >= 11 is 1.64. The van der Waals surface area contributed by atoms with Crippen molar-refractivity contribution in [3.63, 3.8) is 0 Å². The second-order valence-electron chi connectivity index (χ2n) is 4.26.